The Morgan fingerprint density at radius 2 is 2.06 bits per heavy atom. The first kappa shape index (κ1) is 22.4. The SMILES string of the molecule is Cc1c(Nc2c(C#N)cncc2/C=C/c2cncc(OCCNC(=O)O)c2)ccc2[nH]ccc12. The molecule has 0 bridgehead atoms. The second-order valence-corrected chi connectivity index (χ2v) is 7.43. The Kier molecular flexibility index (Phi) is 6.70. The number of carboxylic acid groups (broad SMARTS) is 1. The maximum absolute atomic E-state index is 10.5. The van der Waals surface area contributed by atoms with E-state index in [-0.39, 0.29) is 13.2 Å². The fraction of sp³-hybridized carbons (Fsp3) is 0.120. The standard InChI is InChI=1S/C25H22N6O3/c1-16-21-6-7-29-23(21)5-4-22(16)31-24-18(13-28-14-19(24)11-26)3-2-17-10-20(15-27-12-17)34-9-8-30-25(32)33/h2-7,10,12-15,29-30H,8-9H2,1H3,(H,28,31)(H,32,33)/b3-2+. The van der Waals surface area contributed by atoms with Gasteiger partial charge in [-0.3, -0.25) is 9.97 Å². The first-order chi connectivity index (χ1) is 16.5. The van der Waals surface area contributed by atoms with Crippen LogP contribution in [-0.4, -0.2) is 39.3 Å². The quantitative estimate of drug-likeness (QED) is 0.283. The van der Waals surface area contributed by atoms with Gasteiger partial charge in [-0.1, -0.05) is 12.2 Å². The third-order valence-electron chi connectivity index (χ3n) is 5.20. The Morgan fingerprint density at radius 1 is 1.21 bits per heavy atom. The molecule has 1 aromatic carbocycles. The second-order valence-electron chi connectivity index (χ2n) is 7.43. The van der Waals surface area contributed by atoms with Crippen LogP contribution in [0, 0.1) is 18.3 Å². The molecule has 0 aliphatic carbocycles. The normalized spacial score (nSPS) is 10.8. The van der Waals surface area contributed by atoms with Crippen LogP contribution in [0.25, 0.3) is 23.1 Å². The zero-order valence-electron chi connectivity index (χ0n) is 18.4. The molecule has 0 saturated carbocycles. The number of aryl methyl sites for hydroxylation is 1. The zero-order chi connectivity index (χ0) is 23.9. The van der Waals surface area contributed by atoms with Crippen LogP contribution in [0.2, 0.25) is 0 Å². The maximum atomic E-state index is 10.5. The molecule has 170 valence electrons. The van der Waals surface area contributed by atoms with Crippen molar-refractivity contribution in [3.63, 3.8) is 0 Å². The van der Waals surface area contributed by atoms with Crippen molar-refractivity contribution < 1.29 is 14.6 Å². The number of hydrogen-bond donors (Lipinski definition) is 4. The van der Waals surface area contributed by atoms with Crippen LogP contribution in [0.15, 0.2) is 55.2 Å². The Morgan fingerprint density at radius 3 is 2.88 bits per heavy atom. The average Bonchev–Trinajstić information content (AvgIpc) is 3.33. The number of H-pyrrole nitrogens is 1. The fourth-order valence-corrected chi connectivity index (χ4v) is 3.50. The van der Waals surface area contributed by atoms with E-state index >= 15 is 0 Å². The van der Waals surface area contributed by atoms with Crippen molar-refractivity contribution in [2.45, 2.75) is 6.92 Å². The minimum atomic E-state index is -1.10. The van der Waals surface area contributed by atoms with Crippen LogP contribution in [0.5, 0.6) is 5.75 Å². The molecule has 0 unspecified atom stereocenters. The van der Waals surface area contributed by atoms with Crippen molar-refractivity contribution in [3.05, 3.63) is 77.5 Å². The van der Waals surface area contributed by atoms with Crippen molar-refractivity contribution in [1.82, 2.24) is 20.3 Å². The monoisotopic (exact) mass is 454 g/mol. The topological polar surface area (TPSA) is 136 Å². The summed E-state index contributed by atoms with van der Waals surface area (Å²) in [6.45, 7) is 2.39. The van der Waals surface area contributed by atoms with Crippen molar-refractivity contribution in [1.29, 1.82) is 5.26 Å². The summed E-state index contributed by atoms with van der Waals surface area (Å²) in [6.07, 6.45) is 11.0. The lowest BCUT2D eigenvalue weighted by atomic mass is 10.1. The van der Waals surface area contributed by atoms with Crippen molar-refractivity contribution in [2.75, 3.05) is 18.5 Å². The van der Waals surface area contributed by atoms with Gasteiger partial charge in [0.05, 0.1) is 24.0 Å². The van der Waals surface area contributed by atoms with Gasteiger partial charge in [-0.25, -0.2) is 4.79 Å². The molecule has 0 aliphatic heterocycles. The summed E-state index contributed by atoms with van der Waals surface area (Å²) in [5.74, 6) is 0.520. The number of nitrogens with zero attached hydrogens (tertiary/aromatic N) is 3. The minimum Gasteiger partial charge on any atom is -0.490 e. The zero-order valence-corrected chi connectivity index (χ0v) is 18.4. The average molecular weight is 454 g/mol. The van der Waals surface area contributed by atoms with Gasteiger partial charge in [0.25, 0.3) is 0 Å². The Hall–Kier alpha value is -4.84. The van der Waals surface area contributed by atoms with Gasteiger partial charge in [0.1, 0.15) is 18.4 Å². The third kappa shape index (κ3) is 5.14. The van der Waals surface area contributed by atoms with E-state index in [1.54, 1.807) is 24.7 Å². The number of rotatable bonds is 8. The molecular weight excluding hydrogens is 432 g/mol. The number of nitrogens with one attached hydrogen (secondary N) is 3. The van der Waals surface area contributed by atoms with Crippen LogP contribution in [0.1, 0.15) is 22.3 Å². The number of aromatic amines is 1. The molecule has 3 aromatic heterocycles. The number of anilines is 2. The van der Waals surface area contributed by atoms with E-state index in [2.05, 4.69) is 31.7 Å². The van der Waals surface area contributed by atoms with Crippen molar-refractivity contribution >= 4 is 40.5 Å². The molecule has 4 N–H and O–H groups in total. The summed E-state index contributed by atoms with van der Waals surface area (Å²) >= 11 is 0. The summed E-state index contributed by atoms with van der Waals surface area (Å²) in [4.78, 5) is 22.1. The maximum Gasteiger partial charge on any atom is 0.404 e. The Balaban J connectivity index is 1.57. The molecule has 0 aliphatic rings. The first-order valence-corrected chi connectivity index (χ1v) is 10.5. The smallest absolute Gasteiger partial charge is 0.404 e. The predicted molar refractivity (Wildman–Crippen MR) is 130 cm³/mol. The van der Waals surface area contributed by atoms with Gasteiger partial charge >= 0.3 is 6.09 Å². The lowest BCUT2D eigenvalue weighted by Crippen LogP contribution is -2.26. The van der Waals surface area contributed by atoms with E-state index in [0.717, 1.165) is 33.3 Å². The van der Waals surface area contributed by atoms with Gasteiger partial charge < -0.3 is 25.5 Å². The lowest BCUT2D eigenvalue weighted by Gasteiger charge is -2.14. The molecule has 1 amide bonds. The number of nitriles is 1. The summed E-state index contributed by atoms with van der Waals surface area (Å²) in [5, 5.41) is 25.0. The van der Waals surface area contributed by atoms with Gasteiger partial charge in [0.2, 0.25) is 0 Å². The molecule has 0 radical (unpaired) electrons. The molecule has 34 heavy (non-hydrogen) atoms. The van der Waals surface area contributed by atoms with Crippen LogP contribution in [0.4, 0.5) is 16.2 Å². The Bertz CT molecular complexity index is 1400. The summed E-state index contributed by atoms with van der Waals surface area (Å²) in [5.41, 5.74) is 5.62. The molecule has 0 saturated heterocycles. The number of pyridine rings is 2. The molecule has 9 nitrogen and oxygen atoms in total. The van der Waals surface area contributed by atoms with Crippen LogP contribution < -0.4 is 15.4 Å². The molecule has 3 heterocycles. The van der Waals surface area contributed by atoms with E-state index in [4.69, 9.17) is 9.84 Å². The van der Waals surface area contributed by atoms with Crippen molar-refractivity contribution in [3.8, 4) is 11.8 Å². The van der Waals surface area contributed by atoms with Crippen LogP contribution >= 0.6 is 0 Å². The summed E-state index contributed by atoms with van der Waals surface area (Å²) in [7, 11) is 0. The number of hydrogen-bond acceptors (Lipinski definition) is 6. The number of carbonyl (C=O) groups is 1. The van der Waals surface area contributed by atoms with Crippen LogP contribution in [0.3, 0.4) is 0 Å². The van der Waals surface area contributed by atoms with Gasteiger partial charge in [-0.2, -0.15) is 5.26 Å². The molecule has 0 atom stereocenters. The van der Waals surface area contributed by atoms with Gasteiger partial charge in [-0.05, 0) is 42.3 Å². The van der Waals surface area contributed by atoms with Gasteiger partial charge in [0.15, 0.2) is 0 Å². The number of ether oxygens (including phenoxy) is 1. The number of aromatic nitrogens is 3. The molecule has 0 fully saturated rings. The largest absolute Gasteiger partial charge is 0.490 e. The Labute approximate surface area is 195 Å². The lowest BCUT2D eigenvalue weighted by molar-refractivity contribution is 0.191. The highest BCUT2D eigenvalue weighted by Gasteiger charge is 2.11. The number of benzene rings is 1. The van der Waals surface area contributed by atoms with E-state index < -0.39 is 6.09 Å². The molecule has 9 heteroatoms. The molecule has 4 aromatic rings. The highest BCUT2D eigenvalue weighted by atomic mass is 16.5. The third-order valence-corrected chi connectivity index (χ3v) is 5.20. The molecular formula is C25H22N6O3. The molecule has 0 spiro atoms. The minimum absolute atomic E-state index is 0.172. The van der Waals surface area contributed by atoms with Crippen molar-refractivity contribution in [2.24, 2.45) is 0 Å². The van der Waals surface area contributed by atoms with Gasteiger partial charge in [0, 0.05) is 46.9 Å². The first-order valence-electron chi connectivity index (χ1n) is 10.5. The summed E-state index contributed by atoms with van der Waals surface area (Å²) < 4.78 is 5.54. The van der Waals surface area contributed by atoms with E-state index in [1.165, 1.54) is 6.20 Å². The van der Waals surface area contributed by atoms with E-state index in [0.29, 0.717) is 17.0 Å². The highest BCUT2D eigenvalue weighted by Crippen LogP contribution is 2.31. The highest BCUT2D eigenvalue weighted by molar-refractivity contribution is 5.90. The number of fused-ring (bicyclic) bond motifs is 1. The fourth-order valence-electron chi connectivity index (χ4n) is 3.50. The van der Waals surface area contributed by atoms with E-state index in [9.17, 15) is 10.1 Å². The second kappa shape index (κ2) is 10.2. The molecule has 4 rings (SSSR count). The van der Waals surface area contributed by atoms with E-state index in [1.807, 2.05) is 43.5 Å². The number of amides is 1. The van der Waals surface area contributed by atoms with Crippen LogP contribution in [-0.2, 0) is 0 Å². The predicted octanol–water partition coefficient (Wildman–Crippen LogP) is 4.70. The van der Waals surface area contributed by atoms with Gasteiger partial charge in [-0.15, -0.1) is 0 Å². The summed E-state index contributed by atoms with van der Waals surface area (Å²) in [6, 6.07) is 10.00.